The summed E-state index contributed by atoms with van der Waals surface area (Å²) in [6, 6.07) is 6.68. The molecule has 0 spiro atoms. The number of hydrogen-bond acceptors (Lipinski definition) is 5. The van der Waals surface area contributed by atoms with Crippen molar-refractivity contribution >= 4 is 41.0 Å². The molecule has 2 amide bonds. The third-order valence-corrected chi connectivity index (χ3v) is 3.36. The number of unbranched alkanes of at least 4 members (excludes halogenated alkanes) is 1. The third-order valence-electron chi connectivity index (χ3n) is 3.36. The zero-order valence-corrected chi connectivity index (χ0v) is 13.0. The Labute approximate surface area is 138 Å². The van der Waals surface area contributed by atoms with Gasteiger partial charge in [-0.25, -0.2) is 0 Å². The number of fused-ring (bicyclic) bond motifs is 1. The second-order valence-corrected chi connectivity index (χ2v) is 5.04. The van der Waals surface area contributed by atoms with Crippen molar-refractivity contribution in [3.63, 3.8) is 0 Å². The molecule has 0 saturated carbocycles. The van der Waals surface area contributed by atoms with Crippen molar-refractivity contribution < 1.29 is 19.2 Å². The molecule has 0 bridgehead atoms. The summed E-state index contributed by atoms with van der Waals surface area (Å²) in [5, 5.41) is 5.80. The highest BCUT2D eigenvalue weighted by atomic mass is 16.2. The van der Waals surface area contributed by atoms with Crippen molar-refractivity contribution in [1.82, 2.24) is 10.3 Å². The Hall–Kier alpha value is -3.09. The van der Waals surface area contributed by atoms with Gasteiger partial charge in [0.2, 0.25) is 5.91 Å². The lowest BCUT2D eigenvalue weighted by Gasteiger charge is -2.10. The number of pyridine rings is 1. The van der Waals surface area contributed by atoms with E-state index in [1.807, 2.05) is 0 Å². The number of para-hydroxylation sites is 1. The zero-order valence-electron chi connectivity index (χ0n) is 13.0. The minimum atomic E-state index is -0.385. The SMILES string of the molecule is O=CCCCC(=O)Nc1cccc2c(C(=O)NCC=O)ccnc12. The van der Waals surface area contributed by atoms with Gasteiger partial charge in [0, 0.05) is 24.4 Å². The Morgan fingerprint density at radius 2 is 1.96 bits per heavy atom. The Balaban J connectivity index is 2.26. The van der Waals surface area contributed by atoms with Gasteiger partial charge in [-0.2, -0.15) is 0 Å². The topological polar surface area (TPSA) is 105 Å². The molecule has 0 aliphatic rings. The van der Waals surface area contributed by atoms with E-state index in [-0.39, 0.29) is 24.8 Å². The number of nitrogens with one attached hydrogen (secondary N) is 2. The Bertz CT molecular complexity index is 774. The molecule has 1 heterocycles. The second kappa shape index (κ2) is 8.52. The molecule has 0 fully saturated rings. The highest BCUT2D eigenvalue weighted by Crippen LogP contribution is 2.24. The van der Waals surface area contributed by atoms with Crippen LogP contribution >= 0.6 is 0 Å². The van der Waals surface area contributed by atoms with E-state index in [4.69, 9.17) is 0 Å². The van der Waals surface area contributed by atoms with Crippen molar-refractivity contribution in [1.29, 1.82) is 0 Å². The number of anilines is 1. The van der Waals surface area contributed by atoms with Gasteiger partial charge in [-0.05, 0) is 18.6 Å². The number of carbonyl (C=O) groups excluding carboxylic acids is 4. The molecule has 7 heteroatoms. The number of rotatable bonds is 8. The van der Waals surface area contributed by atoms with E-state index in [2.05, 4.69) is 15.6 Å². The first-order valence-corrected chi connectivity index (χ1v) is 7.50. The molecule has 0 saturated heterocycles. The van der Waals surface area contributed by atoms with Crippen molar-refractivity contribution in [2.24, 2.45) is 0 Å². The summed E-state index contributed by atoms with van der Waals surface area (Å²) in [6.07, 6.45) is 3.90. The molecular weight excluding hydrogens is 310 g/mol. The van der Waals surface area contributed by atoms with Gasteiger partial charge in [-0.1, -0.05) is 12.1 Å². The van der Waals surface area contributed by atoms with E-state index in [1.54, 1.807) is 24.3 Å². The number of amides is 2. The van der Waals surface area contributed by atoms with Crippen LogP contribution in [0.15, 0.2) is 30.5 Å². The van der Waals surface area contributed by atoms with Gasteiger partial charge >= 0.3 is 0 Å². The normalized spacial score (nSPS) is 10.2. The first-order chi connectivity index (χ1) is 11.7. The van der Waals surface area contributed by atoms with Crippen molar-refractivity contribution in [3.8, 4) is 0 Å². The molecule has 2 aromatic rings. The van der Waals surface area contributed by atoms with Crippen LogP contribution in [-0.4, -0.2) is 35.9 Å². The average molecular weight is 327 g/mol. The Kier molecular flexibility index (Phi) is 6.13. The monoisotopic (exact) mass is 327 g/mol. The van der Waals surface area contributed by atoms with Gasteiger partial charge in [-0.3, -0.25) is 14.6 Å². The van der Waals surface area contributed by atoms with Crippen LogP contribution in [-0.2, 0) is 14.4 Å². The summed E-state index contributed by atoms with van der Waals surface area (Å²) in [5.41, 5.74) is 1.35. The number of nitrogens with zero attached hydrogens (tertiary/aromatic N) is 1. The van der Waals surface area contributed by atoms with Gasteiger partial charge in [0.15, 0.2) is 0 Å². The van der Waals surface area contributed by atoms with E-state index in [1.165, 1.54) is 6.20 Å². The lowest BCUT2D eigenvalue weighted by Crippen LogP contribution is -2.25. The summed E-state index contributed by atoms with van der Waals surface area (Å²) < 4.78 is 0. The average Bonchev–Trinajstić information content (AvgIpc) is 2.59. The van der Waals surface area contributed by atoms with Crippen LogP contribution in [0.2, 0.25) is 0 Å². The maximum Gasteiger partial charge on any atom is 0.252 e. The van der Waals surface area contributed by atoms with Crippen LogP contribution in [0.3, 0.4) is 0 Å². The summed E-state index contributed by atoms with van der Waals surface area (Å²) in [7, 11) is 0. The van der Waals surface area contributed by atoms with Crippen LogP contribution in [0.1, 0.15) is 29.6 Å². The fourth-order valence-electron chi connectivity index (χ4n) is 2.26. The zero-order chi connectivity index (χ0) is 17.4. The molecule has 2 rings (SSSR count). The maximum atomic E-state index is 12.1. The van der Waals surface area contributed by atoms with E-state index >= 15 is 0 Å². The van der Waals surface area contributed by atoms with E-state index in [0.717, 1.165) is 6.29 Å². The van der Waals surface area contributed by atoms with Gasteiger partial charge < -0.3 is 20.2 Å². The van der Waals surface area contributed by atoms with Crippen LogP contribution < -0.4 is 10.6 Å². The van der Waals surface area contributed by atoms with Crippen molar-refractivity contribution in [2.75, 3.05) is 11.9 Å². The molecule has 0 atom stereocenters. The summed E-state index contributed by atoms with van der Waals surface area (Å²) in [6.45, 7) is -0.0736. The maximum absolute atomic E-state index is 12.1. The summed E-state index contributed by atoms with van der Waals surface area (Å²) >= 11 is 0. The third kappa shape index (κ3) is 4.22. The van der Waals surface area contributed by atoms with Crippen molar-refractivity contribution in [3.05, 3.63) is 36.0 Å². The fraction of sp³-hybridized carbons (Fsp3) is 0.235. The molecule has 0 aliphatic carbocycles. The fourth-order valence-corrected chi connectivity index (χ4v) is 2.26. The number of aldehydes is 2. The van der Waals surface area contributed by atoms with Gasteiger partial charge in [0.1, 0.15) is 12.6 Å². The van der Waals surface area contributed by atoms with Gasteiger partial charge in [0.05, 0.1) is 23.3 Å². The highest BCUT2D eigenvalue weighted by molar-refractivity contribution is 6.10. The van der Waals surface area contributed by atoms with Gasteiger partial charge in [0.25, 0.3) is 5.91 Å². The lowest BCUT2D eigenvalue weighted by atomic mass is 10.1. The number of hydrogen-bond donors (Lipinski definition) is 2. The second-order valence-electron chi connectivity index (χ2n) is 5.04. The first kappa shape index (κ1) is 17.3. The molecule has 7 nitrogen and oxygen atoms in total. The smallest absolute Gasteiger partial charge is 0.252 e. The first-order valence-electron chi connectivity index (χ1n) is 7.50. The minimum absolute atomic E-state index is 0.0736. The van der Waals surface area contributed by atoms with E-state index < -0.39 is 0 Å². The van der Waals surface area contributed by atoms with Gasteiger partial charge in [-0.15, -0.1) is 0 Å². The Morgan fingerprint density at radius 3 is 2.71 bits per heavy atom. The van der Waals surface area contributed by atoms with Crippen LogP contribution in [0.25, 0.3) is 10.9 Å². The predicted molar refractivity (Wildman–Crippen MR) is 88.7 cm³/mol. The van der Waals surface area contributed by atoms with Crippen LogP contribution in [0, 0.1) is 0 Å². The molecule has 1 aromatic heterocycles. The van der Waals surface area contributed by atoms with E-state index in [9.17, 15) is 19.2 Å². The van der Waals surface area contributed by atoms with E-state index in [0.29, 0.717) is 41.3 Å². The molecule has 2 N–H and O–H groups in total. The highest BCUT2D eigenvalue weighted by Gasteiger charge is 2.13. The minimum Gasteiger partial charge on any atom is -0.345 e. The molecule has 24 heavy (non-hydrogen) atoms. The number of carbonyl (C=O) groups is 4. The Morgan fingerprint density at radius 1 is 1.12 bits per heavy atom. The number of benzene rings is 1. The summed E-state index contributed by atoms with van der Waals surface area (Å²) in [5.74, 6) is -0.606. The predicted octanol–water partition coefficient (Wildman–Crippen LogP) is 1.47. The standard InChI is InChI=1S/C17H17N3O4/c21-10-2-1-6-15(23)20-14-5-3-4-12-13(7-8-18-16(12)14)17(24)19-9-11-22/h3-5,7-8,10-11H,1-2,6,9H2,(H,19,24)(H,20,23). The van der Waals surface area contributed by atoms with Crippen molar-refractivity contribution in [2.45, 2.75) is 19.3 Å². The summed E-state index contributed by atoms with van der Waals surface area (Å²) in [4.78, 5) is 48.9. The lowest BCUT2D eigenvalue weighted by molar-refractivity contribution is -0.116. The molecule has 0 aliphatic heterocycles. The largest absolute Gasteiger partial charge is 0.345 e. The molecular formula is C17H17N3O4. The number of aromatic nitrogens is 1. The van der Waals surface area contributed by atoms with Crippen LogP contribution in [0.4, 0.5) is 5.69 Å². The molecule has 1 aromatic carbocycles. The van der Waals surface area contributed by atoms with Crippen LogP contribution in [0.5, 0.6) is 0 Å². The molecule has 0 radical (unpaired) electrons. The molecule has 124 valence electrons. The molecule has 0 unspecified atom stereocenters. The quantitative estimate of drug-likeness (QED) is 0.564.